The third-order valence-corrected chi connectivity index (χ3v) is 6.64. The lowest BCUT2D eigenvalue weighted by Crippen LogP contribution is -2.34. The molecule has 0 saturated carbocycles. The van der Waals surface area contributed by atoms with Crippen LogP contribution in [0.3, 0.4) is 0 Å². The van der Waals surface area contributed by atoms with Gasteiger partial charge in [0.25, 0.3) is 5.91 Å². The van der Waals surface area contributed by atoms with Gasteiger partial charge in [-0.05, 0) is 31.5 Å². The molecule has 0 aliphatic carbocycles. The Bertz CT molecular complexity index is 757. The zero-order chi connectivity index (χ0) is 21.3. The number of carbonyl (C=O) groups excluding carboxylic acids is 2. The lowest BCUT2D eigenvalue weighted by atomic mass is 9.99. The molecule has 2 rings (SSSR count). The van der Waals surface area contributed by atoms with Crippen LogP contribution in [0, 0.1) is 0 Å². The van der Waals surface area contributed by atoms with E-state index in [2.05, 4.69) is 17.8 Å². The molecule has 1 unspecified atom stereocenters. The van der Waals surface area contributed by atoms with Gasteiger partial charge in [0.15, 0.2) is 6.61 Å². The van der Waals surface area contributed by atoms with Crippen molar-refractivity contribution in [2.75, 3.05) is 12.0 Å². The summed E-state index contributed by atoms with van der Waals surface area (Å²) in [6, 6.07) is 4.94. The Kier molecular flexibility index (Phi) is 9.66. The number of unbranched alkanes of at least 4 members (excludes halogenated alkanes) is 5. The highest BCUT2D eigenvalue weighted by molar-refractivity contribution is 8.15. The Morgan fingerprint density at radius 1 is 1.14 bits per heavy atom. The molecule has 1 aromatic carbocycles. The first kappa shape index (κ1) is 23.9. The molecule has 1 heterocycles. The number of halogens is 2. The van der Waals surface area contributed by atoms with Crippen LogP contribution >= 0.6 is 35.0 Å². The van der Waals surface area contributed by atoms with Gasteiger partial charge in [-0.3, -0.25) is 20.4 Å². The lowest BCUT2D eigenvalue weighted by Gasteiger charge is -2.26. The van der Waals surface area contributed by atoms with Crippen molar-refractivity contribution in [2.24, 2.45) is 0 Å². The summed E-state index contributed by atoms with van der Waals surface area (Å²) in [6.45, 7) is 4.03. The van der Waals surface area contributed by atoms with Gasteiger partial charge in [0.05, 0.1) is 20.5 Å². The quantitative estimate of drug-likeness (QED) is 0.291. The second-order valence-electron chi connectivity index (χ2n) is 7.27. The predicted molar refractivity (Wildman–Crippen MR) is 121 cm³/mol. The molecule has 1 atom stereocenters. The summed E-state index contributed by atoms with van der Waals surface area (Å²) < 4.78 is 5.29. The van der Waals surface area contributed by atoms with Crippen LogP contribution in [0.1, 0.15) is 58.8 Å². The van der Waals surface area contributed by atoms with Gasteiger partial charge in [0, 0.05) is 6.08 Å². The van der Waals surface area contributed by atoms with Crippen LogP contribution < -0.4 is 10.9 Å². The van der Waals surface area contributed by atoms with E-state index < -0.39 is 4.75 Å². The lowest BCUT2D eigenvalue weighted by molar-refractivity contribution is -0.124. The summed E-state index contributed by atoms with van der Waals surface area (Å²) >= 11 is 13.1. The van der Waals surface area contributed by atoms with E-state index in [9.17, 15) is 9.59 Å². The molecule has 2 N–H and O–H groups in total. The van der Waals surface area contributed by atoms with Crippen molar-refractivity contribution in [2.45, 2.75) is 63.5 Å². The molecule has 160 valence electrons. The number of carbonyl (C=O) groups is 2. The monoisotopic (exact) mass is 458 g/mol. The molecule has 0 aromatic heterocycles. The van der Waals surface area contributed by atoms with Crippen molar-refractivity contribution in [1.29, 1.82) is 0 Å². The van der Waals surface area contributed by atoms with Gasteiger partial charge in [-0.1, -0.05) is 80.4 Å². The maximum absolute atomic E-state index is 12.1. The van der Waals surface area contributed by atoms with Crippen LogP contribution in [0.2, 0.25) is 10.0 Å². The number of thioether (sulfide) groups is 1. The number of rotatable bonds is 12. The maximum atomic E-state index is 12.1. The first-order valence-corrected chi connectivity index (χ1v) is 11.5. The summed E-state index contributed by atoms with van der Waals surface area (Å²) in [4.78, 5) is 24.0. The number of hydrazine groups is 1. The number of benzene rings is 1. The Hall–Kier alpha value is -1.37. The topological polar surface area (TPSA) is 67.4 Å². The molecule has 0 radical (unpaired) electrons. The fourth-order valence-corrected chi connectivity index (χ4v) is 4.44. The predicted octanol–water partition coefficient (Wildman–Crippen LogP) is 6.12. The van der Waals surface area contributed by atoms with Crippen LogP contribution in [-0.2, 0) is 14.3 Å². The molecule has 0 spiro atoms. The number of hydrogen-bond donors (Lipinski definition) is 2. The summed E-state index contributed by atoms with van der Waals surface area (Å²) in [5.74, 6) is 0.217. The van der Waals surface area contributed by atoms with Crippen LogP contribution in [0.4, 0.5) is 5.69 Å². The number of amides is 1. The summed E-state index contributed by atoms with van der Waals surface area (Å²) in [7, 11) is 0. The summed E-state index contributed by atoms with van der Waals surface area (Å²) in [5.41, 5.74) is 5.91. The third-order valence-electron chi connectivity index (χ3n) is 4.73. The van der Waals surface area contributed by atoms with E-state index in [1.54, 1.807) is 18.2 Å². The van der Waals surface area contributed by atoms with E-state index in [1.165, 1.54) is 43.5 Å². The van der Waals surface area contributed by atoms with Gasteiger partial charge in [0.2, 0.25) is 5.12 Å². The van der Waals surface area contributed by atoms with E-state index >= 15 is 0 Å². The molecule has 1 aromatic rings. The second kappa shape index (κ2) is 11.7. The van der Waals surface area contributed by atoms with Gasteiger partial charge < -0.3 is 4.74 Å². The highest BCUT2D eigenvalue weighted by Gasteiger charge is 2.39. The van der Waals surface area contributed by atoms with Crippen molar-refractivity contribution >= 4 is 51.7 Å². The van der Waals surface area contributed by atoms with Crippen molar-refractivity contribution in [3.05, 3.63) is 40.1 Å². The van der Waals surface area contributed by atoms with E-state index in [4.69, 9.17) is 27.9 Å². The molecule has 0 bridgehead atoms. The zero-order valence-corrected chi connectivity index (χ0v) is 19.2. The fraction of sp³-hybridized carbons (Fsp3) is 0.524. The van der Waals surface area contributed by atoms with Crippen LogP contribution in [0.15, 0.2) is 30.0 Å². The Balaban J connectivity index is 1.77. The standard InChI is InChI=1S/C21H28Cl2N2O3S/c1-3-4-5-6-7-8-11-21(2)18(13-20(27)29-21)28-14-19(26)25-24-15-9-10-16(22)17(23)12-15/h9-10,12-13,24H,3-8,11,14H2,1-2H3,(H,25,26). The van der Waals surface area contributed by atoms with E-state index in [-0.39, 0.29) is 17.6 Å². The van der Waals surface area contributed by atoms with E-state index in [0.717, 1.165) is 19.3 Å². The van der Waals surface area contributed by atoms with Crippen LogP contribution in [0.5, 0.6) is 0 Å². The van der Waals surface area contributed by atoms with E-state index in [0.29, 0.717) is 21.5 Å². The van der Waals surface area contributed by atoms with Crippen molar-refractivity contribution < 1.29 is 14.3 Å². The third kappa shape index (κ3) is 7.76. The SMILES string of the molecule is CCCCCCCCC1(C)SC(=O)C=C1OCC(=O)NNc1ccc(Cl)c(Cl)c1. The van der Waals surface area contributed by atoms with Crippen molar-refractivity contribution in [1.82, 2.24) is 5.43 Å². The number of hydrogen-bond acceptors (Lipinski definition) is 5. The highest BCUT2D eigenvalue weighted by Crippen LogP contribution is 2.44. The Morgan fingerprint density at radius 3 is 2.59 bits per heavy atom. The average molecular weight is 459 g/mol. The molecule has 1 aliphatic rings. The number of nitrogens with one attached hydrogen (secondary N) is 2. The molecule has 5 nitrogen and oxygen atoms in total. The Labute approximate surface area is 186 Å². The first-order valence-electron chi connectivity index (χ1n) is 9.92. The number of anilines is 1. The molecular weight excluding hydrogens is 431 g/mol. The minimum absolute atomic E-state index is 0.0252. The van der Waals surface area contributed by atoms with Crippen molar-refractivity contribution in [3.63, 3.8) is 0 Å². The molecule has 0 saturated heterocycles. The largest absolute Gasteiger partial charge is 0.486 e. The molecule has 29 heavy (non-hydrogen) atoms. The fourth-order valence-electron chi connectivity index (χ4n) is 3.07. The smallest absolute Gasteiger partial charge is 0.276 e. The van der Waals surface area contributed by atoms with Gasteiger partial charge in [-0.2, -0.15) is 0 Å². The normalized spacial score (nSPS) is 18.5. The molecule has 8 heteroatoms. The number of ether oxygens (including phenoxy) is 1. The minimum atomic E-state index is -0.404. The van der Waals surface area contributed by atoms with Crippen LogP contribution in [0.25, 0.3) is 0 Å². The molecular formula is C21H28Cl2N2O3S. The molecule has 1 amide bonds. The first-order chi connectivity index (χ1) is 13.8. The highest BCUT2D eigenvalue weighted by atomic mass is 35.5. The molecule has 1 aliphatic heterocycles. The van der Waals surface area contributed by atoms with E-state index in [1.807, 2.05) is 6.92 Å². The van der Waals surface area contributed by atoms with Gasteiger partial charge >= 0.3 is 0 Å². The Morgan fingerprint density at radius 2 is 1.86 bits per heavy atom. The van der Waals surface area contributed by atoms with Crippen molar-refractivity contribution in [3.8, 4) is 0 Å². The van der Waals surface area contributed by atoms with Crippen LogP contribution in [-0.4, -0.2) is 22.4 Å². The summed E-state index contributed by atoms with van der Waals surface area (Å²) in [6.07, 6.45) is 9.49. The molecule has 0 fully saturated rings. The van der Waals surface area contributed by atoms with Gasteiger partial charge in [-0.25, -0.2) is 0 Å². The summed E-state index contributed by atoms with van der Waals surface area (Å²) in [5, 5.41) is 0.800. The van der Waals surface area contributed by atoms with Gasteiger partial charge in [0.1, 0.15) is 5.76 Å². The second-order valence-corrected chi connectivity index (χ2v) is 9.59. The minimum Gasteiger partial charge on any atom is -0.486 e. The maximum Gasteiger partial charge on any atom is 0.276 e. The zero-order valence-electron chi connectivity index (χ0n) is 16.9. The van der Waals surface area contributed by atoms with Gasteiger partial charge in [-0.15, -0.1) is 0 Å². The average Bonchev–Trinajstić information content (AvgIpc) is 2.97.